The molecule has 5 atom stereocenters. The van der Waals surface area contributed by atoms with Crippen molar-refractivity contribution in [1.82, 2.24) is 19.5 Å². The van der Waals surface area contributed by atoms with E-state index in [9.17, 15) is 4.79 Å². The van der Waals surface area contributed by atoms with Crippen molar-refractivity contribution in [3.8, 4) is 0 Å². The van der Waals surface area contributed by atoms with E-state index in [4.69, 9.17) is 24.7 Å². The highest BCUT2D eigenvalue weighted by atomic mass is 16.7. The third-order valence-corrected chi connectivity index (χ3v) is 4.80. The van der Waals surface area contributed by atoms with E-state index in [0.717, 1.165) is 0 Å². The van der Waals surface area contributed by atoms with Crippen LogP contribution in [-0.2, 0) is 18.9 Å². The Labute approximate surface area is 136 Å². The first kappa shape index (κ1) is 15.5. The molecular formula is C14H19N5O5. The van der Waals surface area contributed by atoms with Crippen LogP contribution in [0.1, 0.15) is 13.2 Å². The van der Waals surface area contributed by atoms with E-state index in [-0.39, 0.29) is 29.8 Å². The summed E-state index contributed by atoms with van der Waals surface area (Å²) in [4.78, 5) is 22.7. The molecule has 130 valence electrons. The number of nitrogen functional groups attached to an aromatic ring is 1. The van der Waals surface area contributed by atoms with Crippen molar-refractivity contribution in [3.63, 3.8) is 0 Å². The van der Waals surface area contributed by atoms with Gasteiger partial charge < -0.3 is 24.7 Å². The van der Waals surface area contributed by atoms with E-state index in [1.807, 2.05) is 6.92 Å². The maximum atomic E-state index is 12.0. The molecule has 4 unspecified atom stereocenters. The van der Waals surface area contributed by atoms with Crippen molar-refractivity contribution >= 4 is 17.1 Å². The number of hydrogen-bond donors (Lipinski definition) is 2. The number of nitrogens with one attached hydrogen (secondary N) is 1. The molecule has 0 aromatic carbocycles. The predicted octanol–water partition coefficient (Wildman–Crippen LogP) is -0.582. The Morgan fingerprint density at radius 1 is 1.50 bits per heavy atom. The molecule has 10 heteroatoms. The smallest absolute Gasteiger partial charge is 0.280 e. The van der Waals surface area contributed by atoms with Crippen LogP contribution in [0.5, 0.6) is 0 Å². The molecule has 0 spiro atoms. The van der Waals surface area contributed by atoms with Gasteiger partial charge in [0.05, 0.1) is 19.0 Å². The highest BCUT2D eigenvalue weighted by Crippen LogP contribution is 2.50. The number of aromatic amines is 1. The first-order valence-electron chi connectivity index (χ1n) is 7.59. The number of methoxy groups -OCH3 is 2. The van der Waals surface area contributed by atoms with E-state index in [1.54, 1.807) is 18.8 Å². The first-order chi connectivity index (χ1) is 11.5. The summed E-state index contributed by atoms with van der Waals surface area (Å²) in [5.41, 5.74) is 5.05. The van der Waals surface area contributed by atoms with Crippen LogP contribution in [-0.4, -0.2) is 64.3 Å². The summed E-state index contributed by atoms with van der Waals surface area (Å²) in [6.07, 6.45) is 0.0767. The highest BCUT2D eigenvalue weighted by Gasteiger charge is 2.66. The zero-order chi connectivity index (χ0) is 17.1. The topological polar surface area (TPSA) is 127 Å². The number of hydrogen-bond acceptors (Lipinski definition) is 8. The Hall–Kier alpha value is -2.01. The fraction of sp³-hybridized carbons (Fsp3) is 0.643. The molecule has 2 aliphatic heterocycles. The number of ether oxygens (including phenoxy) is 4. The average molecular weight is 337 g/mol. The summed E-state index contributed by atoms with van der Waals surface area (Å²) in [6.45, 7) is 2.25. The molecule has 2 aromatic rings. The average Bonchev–Trinajstić information content (AvgIpc) is 3.14. The summed E-state index contributed by atoms with van der Waals surface area (Å²) >= 11 is 0. The van der Waals surface area contributed by atoms with E-state index in [2.05, 4.69) is 15.0 Å². The predicted molar refractivity (Wildman–Crippen MR) is 82.4 cm³/mol. The Morgan fingerprint density at radius 2 is 2.29 bits per heavy atom. The third-order valence-electron chi connectivity index (χ3n) is 4.80. The van der Waals surface area contributed by atoms with Gasteiger partial charge >= 0.3 is 0 Å². The molecule has 2 aliphatic rings. The largest absolute Gasteiger partial charge is 0.381 e. The number of imidazole rings is 1. The Balaban J connectivity index is 1.81. The van der Waals surface area contributed by atoms with Crippen LogP contribution in [0.3, 0.4) is 0 Å². The van der Waals surface area contributed by atoms with Gasteiger partial charge in [0, 0.05) is 14.2 Å². The minimum absolute atomic E-state index is 0.0154. The fourth-order valence-corrected chi connectivity index (χ4v) is 3.74. The summed E-state index contributed by atoms with van der Waals surface area (Å²) in [5.74, 6) is 0.0154. The SMILES string of the molecule is COC[C@@]12OC(n3cnc4c(=O)[nH]c(N)nc43)C(OC1C)C2OC. The highest BCUT2D eigenvalue weighted by molar-refractivity contribution is 5.70. The second kappa shape index (κ2) is 5.24. The van der Waals surface area contributed by atoms with E-state index in [1.165, 1.54) is 6.33 Å². The molecular weight excluding hydrogens is 318 g/mol. The monoisotopic (exact) mass is 337 g/mol. The standard InChI is InChI=1S/C14H19N5O5/c1-6-14(4-21-2)9(22-3)8(23-6)12(24-14)19-5-16-7-10(19)17-13(15)18-11(7)20/h5-6,8-9,12H,4H2,1-3H3,(H3,15,17,18,20)/t6?,8?,9?,12?,14-/m1/s1. The Kier molecular flexibility index (Phi) is 3.39. The number of aromatic nitrogens is 4. The number of nitrogens with zero attached hydrogens (tertiary/aromatic N) is 3. The van der Waals surface area contributed by atoms with Crippen LogP contribution >= 0.6 is 0 Å². The number of fused-ring (bicyclic) bond motifs is 3. The number of rotatable bonds is 4. The molecule has 0 aliphatic carbocycles. The molecule has 4 rings (SSSR count). The van der Waals surface area contributed by atoms with Gasteiger partial charge in [-0.2, -0.15) is 4.98 Å². The molecule has 2 saturated heterocycles. The van der Waals surface area contributed by atoms with Gasteiger partial charge in [-0.25, -0.2) is 4.98 Å². The van der Waals surface area contributed by atoms with E-state index >= 15 is 0 Å². The van der Waals surface area contributed by atoms with Crippen molar-refractivity contribution in [2.45, 2.75) is 37.1 Å². The number of anilines is 1. The van der Waals surface area contributed by atoms with Crippen molar-refractivity contribution in [2.24, 2.45) is 0 Å². The zero-order valence-electron chi connectivity index (χ0n) is 13.6. The first-order valence-corrected chi connectivity index (χ1v) is 7.59. The van der Waals surface area contributed by atoms with Crippen molar-refractivity contribution in [1.29, 1.82) is 0 Å². The maximum Gasteiger partial charge on any atom is 0.280 e. The minimum Gasteiger partial charge on any atom is -0.381 e. The molecule has 0 amide bonds. The van der Waals surface area contributed by atoms with Crippen LogP contribution in [0, 0.1) is 0 Å². The van der Waals surface area contributed by atoms with E-state index in [0.29, 0.717) is 12.3 Å². The van der Waals surface area contributed by atoms with Crippen molar-refractivity contribution in [2.75, 3.05) is 26.6 Å². The summed E-state index contributed by atoms with van der Waals surface area (Å²) in [7, 11) is 3.22. The maximum absolute atomic E-state index is 12.0. The second-order valence-corrected chi connectivity index (χ2v) is 6.07. The van der Waals surface area contributed by atoms with Crippen LogP contribution in [0.25, 0.3) is 11.2 Å². The lowest BCUT2D eigenvalue weighted by molar-refractivity contribution is -0.220. The van der Waals surface area contributed by atoms with Gasteiger partial charge in [-0.05, 0) is 6.92 Å². The van der Waals surface area contributed by atoms with Gasteiger partial charge in [-0.1, -0.05) is 0 Å². The summed E-state index contributed by atoms with van der Waals surface area (Å²) in [6, 6.07) is 0. The lowest BCUT2D eigenvalue weighted by Crippen LogP contribution is -2.50. The molecule has 4 heterocycles. The quantitative estimate of drug-likeness (QED) is 0.758. The van der Waals surface area contributed by atoms with Gasteiger partial charge in [0.25, 0.3) is 5.56 Å². The molecule has 2 fully saturated rings. The van der Waals surface area contributed by atoms with Gasteiger partial charge in [0.1, 0.15) is 17.8 Å². The normalized spacial score (nSPS) is 35.1. The zero-order valence-corrected chi connectivity index (χ0v) is 13.6. The molecule has 10 nitrogen and oxygen atoms in total. The lowest BCUT2D eigenvalue weighted by atomic mass is 9.94. The Morgan fingerprint density at radius 3 is 3.00 bits per heavy atom. The minimum atomic E-state index is -0.734. The van der Waals surface area contributed by atoms with Gasteiger partial charge in [-0.3, -0.25) is 14.3 Å². The second-order valence-electron chi connectivity index (χ2n) is 6.07. The Bertz CT molecular complexity index is 835. The van der Waals surface area contributed by atoms with Crippen molar-refractivity contribution in [3.05, 3.63) is 16.7 Å². The van der Waals surface area contributed by atoms with Gasteiger partial charge in [0.15, 0.2) is 17.4 Å². The molecule has 2 aromatic heterocycles. The summed E-state index contributed by atoms with van der Waals surface area (Å²) < 4.78 is 25.0. The molecule has 0 radical (unpaired) electrons. The third kappa shape index (κ3) is 1.88. The number of nitrogens with two attached hydrogens (primary N) is 1. The van der Waals surface area contributed by atoms with Gasteiger partial charge in [0.2, 0.25) is 5.95 Å². The van der Waals surface area contributed by atoms with Crippen LogP contribution in [0.2, 0.25) is 0 Å². The van der Waals surface area contributed by atoms with Gasteiger partial charge in [-0.15, -0.1) is 0 Å². The summed E-state index contributed by atoms with van der Waals surface area (Å²) in [5, 5.41) is 0. The number of H-pyrrole nitrogens is 1. The molecule has 0 saturated carbocycles. The van der Waals surface area contributed by atoms with E-state index < -0.39 is 17.4 Å². The van der Waals surface area contributed by atoms with Crippen LogP contribution in [0.15, 0.2) is 11.1 Å². The molecule has 2 bridgehead atoms. The van der Waals surface area contributed by atoms with Crippen LogP contribution in [0.4, 0.5) is 5.95 Å². The molecule has 24 heavy (non-hydrogen) atoms. The van der Waals surface area contributed by atoms with Crippen LogP contribution < -0.4 is 11.3 Å². The fourth-order valence-electron chi connectivity index (χ4n) is 3.74. The lowest BCUT2D eigenvalue weighted by Gasteiger charge is -2.35. The van der Waals surface area contributed by atoms with Crippen molar-refractivity contribution < 1.29 is 18.9 Å². The molecule has 3 N–H and O–H groups in total.